The zero-order chi connectivity index (χ0) is 21.8. The number of nitrogens with one attached hydrogen (secondary N) is 2. The summed E-state index contributed by atoms with van der Waals surface area (Å²) in [5.41, 5.74) is 1.91. The molecule has 10 nitrogen and oxygen atoms in total. The van der Waals surface area contributed by atoms with Crippen molar-refractivity contribution in [3.63, 3.8) is 0 Å². The maximum absolute atomic E-state index is 12.6. The van der Waals surface area contributed by atoms with E-state index in [4.69, 9.17) is 32.7 Å². The van der Waals surface area contributed by atoms with E-state index in [-0.39, 0.29) is 28.5 Å². The predicted octanol–water partition coefficient (Wildman–Crippen LogP) is 4.03. The average molecular weight is 452 g/mol. The number of carbonyl (C=O) groups excluding carboxylic acids is 1. The summed E-state index contributed by atoms with van der Waals surface area (Å²) in [6.07, 6.45) is 4.13. The maximum Gasteiger partial charge on any atom is 0.323 e. The number of rotatable bonds is 6. The third-order valence-electron chi connectivity index (χ3n) is 4.21. The second kappa shape index (κ2) is 9.24. The molecular formula is C18H19Cl2N7O3. The van der Waals surface area contributed by atoms with E-state index in [9.17, 15) is 4.79 Å². The van der Waals surface area contributed by atoms with Crippen LogP contribution in [0.25, 0.3) is 5.82 Å². The van der Waals surface area contributed by atoms with Gasteiger partial charge in [-0.3, -0.25) is 4.98 Å². The monoisotopic (exact) mass is 451 g/mol. The van der Waals surface area contributed by atoms with Gasteiger partial charge in [-0.1, -0.05) is 23.2 Å². The van der Waals surface area contributed by atoms with Gasteiger partial charge in [-0.25, -0.2) is 4.79 Å². The number of carbonyl (C=O) groups is 1. The van der Waals surface area contributed by atoms with Crippen LogP contribution in [-0.4, -0.2) is 45.2 Å². The number of nitrogens with zero attached hydrogens (tertiary/aromatic N) is 5. The first-order chi connectivity index (χ1) is 14.3. The first-order valence-electron chi connectivity index (χ1n) is 8.72. The number of anilines is 2. The van der Waals surface area contributed by atoms with Gasteiger partial charge in [-0.05, 0) is 19.9 Å². The number of methoxy groups -OCH3 is 2. The number of aryl methyl sites for hydroxylation is 1. The Labute approximate surface area is 182 Å². The third kappa shape index (κ3) is 4.45. The van der Waals surface area contributed by atoms with Gasteiger partial charge in [0.1, 0.15) is 5.69 Å². The molecule has 3 aromatic heterocycles. The lowest BCUT2D eigenvalue weighted by atomic mass is 10.1. The number of amides is 2. The molecule has 0 radical (unpaired) electrons. The molecule has 0 aliphatic carbocycles. The van der Waals surface area contributed by atoms with E-state index >= 15 is 0 Å². The van der Waals surface area contributed by atoms with Crippen molar-refractivity contribution in [3.8, 4) is 11.7 Å². The minimum Gasteiger partial charge on any atom is -0.479 e. The summed E-state index contributed by atoms with van der Waals surface area (Å²) in [4.78, 5) is 22.4. The van der Waals surface area contributed by atoms with Crippen LogP contribution in [0.15, 0.2) is 24.7 Å². The first kappa shape index (κ1) is 21.8. The number of hydrogen-bond acceptors (Lipinski definition) is 7. The number of ether oxygens (including phenoxy) is 2. The summed E-state index contributed by atoms with van der Waals surface area (Å²) < 4.78 is 10.6. The molecule has 0 fully saturated rings. The minimum atomic E-state index is -0.567. The minimum absolute atomic E-state index is 0.132. The Kier molecular flexibility index (Phi) is 6.70. The highest BCUT2D eigenvalue weighted by Crippen LogP contribution is 2.34. The quantitative estimate of drug-likeness (QED) is 0.580. The molecule has 0 bridgehead atoms. The van der Waals surface area contributed by atoms with Crippen LogP contribution in [0, 0.1) is 6.92 Å². The summed E-state index contributed by atoms with van der Waals surface area (Å²) >= 11 is 12.7. The van der Waals surface area contributed by atoms with Crippen LogP contribution >= 0.6 is 23.2 Å². The van der Waals surface area contributed by atoms with E-state index in [1.54, 1.807) is 14.0 Å². The molecule has 3 heterocycles. The SMILES string of the molecule is COc1nc(-n2nccn2)c(Cl)cc1NC(=O)Nc1cnc(C)c(Cl)c1[C@@H](C)OC. The summed E-state index contributed by atoms with van der Waals surface area (Å²) in [7, 11) is 2.97. The molecule has 0 spiro atoms. The smallest absolute Gasteiger partial charge is 0.323 e. The van der Waals surface area contributed by atoms with Crippen LogP contribution in [0.4, 0.5) is 16.2 Å². The van der Waals surface area contributed by atoms with Gasteiger partial charge in [0.15, 0.2) is 5.82 Å². The highest BCUT2D eigenvalue weighted by molar-refractivity contribution is 6.33. The molecular weight excluding hydrogens is 433 g/mol. The summed E-state index contributed by atoms with van der Waals surface area (Å²) in [5, 5.41) is 14.0. The molecule has 0 saturated carbocycles. The number of pyridine rings is 2. The Morgan fingerprint density at radius 3 is 2.47 bits per heavy atom. The van der Waals surface area contributed by atoms with Crippen LogP contribution < -0.4 is 15.4 Å². The molecule has 12 heteroatoms. The Hall–Kier alpha value is -2.95. The third-order valence-corrected chi connectivity index (χ3v) is 4.97. The molecule has 2 amide bonds. The van der Waals surface area contributed by atoms with Crippen molar-refractivity contribution in [2.75, 3.05) is 24.9 Å². The Bertz CT molecular complexity index is 1060. The van der Waals surface area contributed by atoms with E-state index in [1.807, 2.05) is 6.92 Å². The fourth-order valence-electron chi connectivity index (χ4n) is 2.66. The number of urea groups is 1. The average Bonchev–Trinajstić information content (AvgIpc) is 3.25. The Balaban J connectivity index is 1.87. The maximum atomic E-state index is 12.6. The molecule has 2 N–H and O–H groups in total. The van der Waals surface area contributed by atoms with Crippen molar-refractivity contribution < 1.29 is 14.3 Å². The van der Waals surface area contributed by atoms with Gasteiger partial charge in [0.25, 0.3) is 0 Å². The summed E-state index contributed by atoms with van der Waals surface area (Å²) in [5.74, 6) is 0.391. The van der Waals surface area contributed by atoms with Gasteiger partial charge < -0.3 is 20.1 Å². The van der Waals surface area contributed by atoms with E-state index in [2.05, 4.69) is 30.8 Å². The van der Waals surface area contributed by atoms with Crippen molar-refractivity contribution in [1.29, 1.82) is 0 Å². The molecule has 30 heavy (non-hydrogen) atoms. The van der Waals surface area contributed by atoms with Gasteiger partial charge in [0.05, 0.1) is 53.2 Å². The second-order valence-corrected chi connectivity index (χ2v) is 6.90. The van der Waals surface area contributed by atoms with Gasteiger partial charge in [-0.2, -0.15) is 15.2 Å². The molecule has 158 valence electrons. The van der Waals surface area contributed by atoms with E-state index < -0.39 is 6.03 Å². The Morgan fingerprint density at radius 2 is 1.83 bits per heavy atom. The number of hydrogen-bond donors (Lipinski definition) is 2. The van der Waals surface area contributed by atoms with Gasteiger partial charge in [-0.15, -0.1) is 4.80 Å². The Morgan fingerprint density at radius 1 is 1.17 bits per heavy atom. The zero-order valence-corrected chi connectivity index (χ0v) is 18.1. The van der Waals surface area contributed by atoms with Crippen LogP contribution in [0.1, 0.15) is 24.3 Å². The second-order valence-electron chi connectivity index (χ2n) is 6.11. The highest BCUT2D eigenvalue weighted by atomic mass is 35.5. The molecule has 0 aliphatic rings. The molecule has 3 aromatic rings. The van der Waals surface area contributed by atoms with Gasteiger partial charge in [0.2, 0.25) is 5.88 Å². The van der Waals surface area contributed by atoms with Gasteiger partial charge >= 0.3 is 6.03 Å². The van der Waals surface area contributed by atoms with E-state index in [0.29, 0.717) is 22.0 Å². The lowest BCUT2D eigenvalue weighted by Crippen LogP contribution is -2.22. The van der Waals surface area contributed by atoms with Crippen LogP contribution in [0.3, 0.4) is 0 Å². The van der Waals surface area contributed by atoms with Gasteiger partial charge in [0, 0.05) is 12.7 Å². The predicted molar refractivity (Wildman–Crippen MR) is 113 cm³/mol. The van der Waals surface area contributed by atoms with E-state index in [1.165, 1.54) is 36.6 Å². The molecule has 3 rings (SSSR count). The molecule has 0 aliphatic heterocycles. The molecule has 0 aromatic carbocycles. The largest absolute Gasteiger partial charge is 0.479 e. The van der Waals surface area contributed by atoms with Crippen LogP contribution in [0.2, 0.25) is 10.0 Å². The van der Waals surface area contributed by atoms with Crippen LogP contribution in [0.5, 0.6) is 5.88 Å². The first-order valence-corrected chi connectivity index (χ1v) is 9.48. The fraction of sp³-hybridized carbons (Fsp3) is 0.278. The van der Waals surface area contributed by atoms with Crippen molar-refractivity contribution in [2.24, 2.45) is 0 Å². The zero-order valence-electron chi connectivity index (χ0n) is 16.6. The standard InChI is InChI=1S/C18H19Cl2N7O3/c1-9-15(20)14(10(2)29-3)13(8-21-9)25-18(28)24-12-7-11(19)16(26-17(12)30-4)27-22-5-6-23-27/h5-8,10H,1-4H3,(H2,24,25,28)/t10-/m1/s1. The topological polar surface area (TPSA) is 116 Å². The lowest BCUT2D eigenvalue weighted by molar-refractivity contribution is 0.120. The molecule has 0 unspecified atom stereocenters. The lowest BCUT2D eigenvalue weighted by Gasteiger charge is -2.19. The van der Waals surface area contributed by atoms with Crippen molar-refractivity contribution in [2.45, 2.75) is 20.0 Å². The summed E-state index contributed by atoms with van der Waals surface area (Å²) in [6.45, 7) is 3.59. The summed E-state index contributed by atoms with van der Waals surface area (Å²) in [6, 6.07) is 0.924. The van der Waals surface area contributed by atoms with E-state index in [0.717, 1.165) is 0 Å². The van der Waals surface area contributed by atoms with Crippen molar-refractivity contribution >= 4 is 40.6 Å². The number of aromatic nitrogens is 5. The number of halogens is 2. The normalized spacial score (nSPS) is 11.8. The molecule has 0 saturated heterocycles. The fourth-order valence-corrected chi connectivity index (χ4v) is 3.20. The van der Waals surface area contributed by atoms with Crippen molar-refractivity contribution in [1.82, 2.24) is 25.0 Å². The van der Waals surface area contributed by atoms with Crippen molar-refractivity contribution in [3.05, 3.63) is 46.0 Å². The molecule has 1 atom stereocenters. The highest BCUT2D eigenvalue weighted by Gasteiger charge is 2.20. The van der Waals surface area contributed by atoms with Crippen LogP contribution in [-0.2, 0) is 4.74 Å².